The molecule has 1 N–H and O–H groups in total. The minimum Gasteiger partial charge on any atom is -0.497 e. The molecule has 0 unspecified atom stereocenters. The summed E-state index contributed by atoms with van der Waals surface area (Å²) in [5.74, 6) is 0.996. The molecule has 0 atom stereocenters. The third-order valence-corrected chi connectivity index (χ3v) is 3.01. The Kier molecular flexibility index (Phi) is 3.27. The molecule has 3 aromatic rings. The minimum absolute atomic E-state index is 0.238. The number of fused-ring (bicyclic) bond motifs is 1. The number of hydrogen-bond acceptors (Lipinski definition) is 5. The van der Waals surface area contributed by atoms with Crippen molar-refractivity contribution in [2.24, 2.45) is 0 Å². The van der Waals surface area contributed by atoms with E-state index in [1.54, 1.807) is 26.3 Å². The number of anilines is 1. The molecule has 3 rings (SSSR count). The van der Waals surface area contributed by atoms with Crippen molar-refractivity contribution in [2.75, 3.05) is 12.4 Å². The molecule has 106 valence electrons. The van der Waals surface area contributed by atoms with Gasteiger partial charge in [-0.25, -0.2) is 0 Å². The van der Waals surface area contributed by atoms with Gasteiger partial charge in [0.15, 0.2) is 5.69 Å². The number of nitrogens with zero attached hydrogens (tertiary/aromatic N) is 2. The van der Waals surface area contributed by atoms with Crippen LogP contribution in [-0.2, 0) is 0 Å². The minimum atomic E-state index is -0.332. The van der Waals surface area contributed by atoms with Crippen LogP contribution in [0.2, 0.25) is 0 Å². The SMILES string of the molecule is COc1ccc2cc(NC(=O)c3cc(C)on3)cnc2c1. The van der Waals surface area contributed by atoms with Crippen LogP contribution in [-0.4, -0.2) is 23.2 Å². The molecule has 0 fully saturated rings. The molecule has 2 aromatic heterocycles. The van der Waals surface area contributed by atoms with Crippen molar-refractivity contribution in [1.29, 1.82) is 0 Å². The monoisotopic (exact) mass is 283 g/mol. The van der Waals surface area contributed by atoms with E-state index < -0.39 is 0 Å². The van der Waals surface area contributed by atoms with Crippen LogP contribution in [0.3, 0.4) is 0 Å². The van der Waals surface area contributed by atoms with Gasteiger partial charge in [-0.05, 0) is 25.1 Å². The topological polar surface area (TPSA) is 77.2 Å². The summed E-state index contributed by atoms with van der Waals surface area (Å²) < 4.78 is 10.0. The van der Waals surface area contributed by atoms with E-state index >= 15 is 0 Å². The Bertz CT molecular complexity index is 811. The number of methoxy groups -OCH3 is 1. The molecule has 1 aromatic carbocycles. The zero-order valence-corrected chi connectivity index (χ0v) is 11.6. The zero-order valence-electron chi connectivity index (χ0n) is 11.6. The maximum absolute atomic E-state index is 12.0. The smallest absolute Gasteiger partial charge is 0.277 e. The number of pyridine rings is 1. The lowest BCUT2D eigenvalue weighted by molar-refractivity contribution is 0.101. The number of carbonyl (C=O) groups is 1. The van der Waals surface area contributed by atoms with Gasteiger partial charge in [0.05, 0.1) is 24.5 Å². The molecule has 0 aliphatic rings. The lowest BCUT2D eigenvalue weighted by Gasteiger charge is -2.05. The van der Waals surface area contributed by atoms with Crippen molar-refractivity contribution in [3.8, 4) is 5.75 Å². The van der Waals surface area contributed by atoms with Crippen molar-refractivity contribution in [2.45, 2.75) is 6.92 Å². The summed E-state index contributed by atoms with van der Waals surface area (Å²) in [6.07, 6.45) is 1.59. The van der Waals surface area contributed by atoms with Gasteiger partial charge in [0.2, 0.25) is 0 Å². The van der Waals surface area contributed by atoms with Crippen LogP contribution in [0.25, 0.3) is 10.9 Å². The third-order valence-electron chi connectivity index (χ3n) is 3.01. The second-order valence-electron chi connectivity index (χ2n) is 4.56. The highest BCUT2D eigenvalue weighted by molar-refractivity contribution is 6.03. The Morgan fingerprint density at radius 3 is 2.86 bits per heavy atom. The highest BCUT2D eigenvalue weighted by atomic mass is 16.5. The number of amides is 1. The Balaban J connectivity index is 1.86. The molecule has 1 amide bonds. The fraction of sp³-hybridized carbons (Fsp3) is 0.133. The quantitative estimate of drug-likeness (QED) is 0.799. The van der Waals surface area contributed by atoms with Gasteiger partial charge in [-0.2, -0.15) is 0 Å². The summed E-state index contributed by atoms with van der Waals surface area (Å²) in [7, 11) is 1.61. The molecule has 6 heteroatoms. The maximum Gasteiger partial charge on any atom is 0.277 e. The van der Waals surface area contributed by atoms with Gasteiger partial charge in [0, 0.05) is 17.5 Å². The predicted molar refractivity (Wildman–Crippen MR) is 77.5 cm³/mol. The first-order valence-corrected chi connectivity index (χ1v) is 6.34. The molecule has 0 radical (unpaired) electrons. The Hall–Kier alpha value is -2.89. The fourth-order valence-electron chi connectivity index (χ4n) is 1.97. The number of ether oxygens (including phenoxy) is 1. The number of hydrogen-bond donors (Lipinski definition) is 1. The Labute approximate surface area is 120 Å². The predicted octanol–water partition coefficient (Wildman–Crippen LogP) is 2.79. The van der Waals surface area contributed by atoms with E-state index in [1.807, 2.05) is 24.3 Å². The zero-order chi connectivity index (χ0) is 14.8. The van der Waals surface area contributed by atoms with E-state index in [9.17, 15) is 4.79 Å². The molecular formula is C15H13N3O3. The second-order valence-corrected chi connectivity index (χ2v) is 4.56. The van der Waals surface area contributed by atoms with Gasteiger partial charge >= 0.3 is 0 Å². The first-order chi connectivity index (χ1) is 10.2. The highest BCUT2D eigenvalue weighted by Gasteiger charge is 2.11. The van der Waals surface area contributed by atoms with Crippen LogP contribution in [0.4, 0.5) is 5.69 Å². The van der Waals surface area contributed by atoms with Gasteiger partial charge in [-0.3, -0.25) is 9.78 Å². The van der Waals surface area contributed by atoms with Gasteiger partial charge in [0.1, 0.15) is 11.5 Å². The average molecular weight is 283 g/mol. The summed E-state index contributed by atoms with van der Waals surface area (Å²) in [5.41, 5.74) is 1.63. The number of aryl methyl sites for hydroxylation is 1. The summed E-state index contributed by atoms with van der Waals surface area (Å²) in [4.78, 5) is 16.3. The number of aromatic nitrogens is 2. The number of nitrogens with one attached hydrogen (secondary N) is 1. The maximum atomic E-state index is 12.0. The van der Waals surface area contributed by atoms with Crippen LogP contribution in [0, 0.1) is 6.92 Å². The van der Waals surface area contributed by atoms with Crippen LogP contribution >= 0.6 is 0 Å². The van der Waals surface area contributed by atoms with E-state index in [2.05, 4.69) is 15.5 Å². The lowest BCUT2D eigenvalue weighted by Crippen LogP contribution is -2.12. The summed E-state index contributed by atoms with van der Waals surface area (Å²) in [6, 6.07) is 8.98. The van der Waals surface area contributed by atoms with Crippen molar-refractivity contribution >= 4 is 22.5 Å². The van der Waals surface area contributed by atoms with Crippen LogP contribution < -0.4 is 10.1 Å². The largest absolute Gasteiger partial charge is 0.497 e. The lowest BCUT2D eigenvalue weighted by atomic mass is 10.2. The molecule has 0 saturated carbocycles. The van der Waals surface area contributed by atoms with Crippen molar-refractivity contribution < 1.29 is 14.1 Å². The van der Waals surface area contributed by atoms with E-state index in [0.717, 1.165) is 16.7 Å². The van der Waals surface area contributed by atoms with Crippen molar-refractivity contribution in [3.05, 3.63) is 48.0 Å². The van der Waals surface area contributed by atoms with E-state index in [0.29, 0.717) is 11.4 Å². The molecule has 6 nitrogen and oxygen atoms in total. The summed E-state index contributed by atoms with van der Waals surface area (Å²) >= 11 is 0. The molecule has 0 bridgehead atoms. The fourth-order valence-corrected chi connectivity index (χ4v) is 1.97. The first kappa shape index (κ1) is 13.1. The van der Waals surface area contributed by atoms with Crippen LogP contribution in [0.1, 0.15) is 16.2 Å². The van der Waals surface area contributed by atoms with E-state index in [1.165, 1.54) is 0 Å². The highest BCUT2D eigenvalue weighted by Crippen LogP contribution is 2.21. The third kappa shape index (κ3) is 2.69. The van der Waals surface area contributed by atoms with E-state index in [-0.39, 0.29) is 11.6 Å². The molecule has 2 heterocycles. The molecular weight excluding hydrogens is 270 g/mol. The number of rotatable bonds is 3. The van der Waals surface area contributed by atoms with Crippen LogP contribution in [0.15, 0.2) is 41.1 Å². The molecule has 21 heavy (non-hydrogen) atoms. The first-order valence-electron chi connectivity index (χ1n) is 6.34. The van der Waals surface area contributed by atoms with Gasteiger partial charge in [0.25, 0.3) is 5.91 Å². The van der Waals surface area contributed by atoms with Gasteiger partial charge < -0.3 is 14.6 Å². The molecule has 0 saturated heterocycles. The second kappa shape index (κ2) is 5.24. The Morgan fingerprint density at radius 1 is 1.29 bits per heavy atom. The van der Waals surface area contributed by atoms with Crippen LogP contribution in [0.5, 0.6) is 5.75 Å². The Morgan fingerprint density at radius 2 is 2.14 bits per heavy atom. The van der Waals surface area contributed by atoms with Crippen molar-refractivity contribution in [3.63, 3.8) is 0 Å². The van der Waals surface area contributed by atoms with Crippen molar-refractivity contribution in [1.82, 2.24) is 10.1 Å². The van der Waals surface area contributed by atoms with E-state index in [4.69, 9.17) is 9.26 Å². The summed E-state index contributed by atoms with van der Waals surface area (Å²) in [5, 5.41) is 7.32. The standard InChI is InChI=1S/C15H13N3O3/c1-9-5-14(18-21-9)15(19)17-11-6-10-3-4-12(20-2)7-13(10)16-8-11/h3-8H,1-2H3,(H,17,19). The normalized spacial score (nSPS) is 10.6. The number of carbonyl (C=O) groups excluding carboxylic acids is 1. The molecule has 0 aliphatic carbocycles. The molecule has 0 spiro atoms. The average Bonchev–Trinajstić information content (AvgIpc) is 2.93. The van der Waals surface area contributed by atoms with Gasteiger partial charge in [-0.15, -0.1) is 0 Å². The summed E-state index contributed by atoms with van der Waals surface area (Å²) in [6.45, 7) is 1.73. The van der Waals surface area contributed by atoms with Gasteiger partial charge in [-0.1, -0.05) is 5.16 Å². The number of benzene rings is 1. The molecule has 0 aliphatic heterocycles.